The van der Waals surface area contributed by atoms with Crippen molar-refractivity contribution >= 4 is 18.6 Å². The normalized spacial score (nSPS) is 12.4. The summed E-state index contributed by atoms with van der Waals surface area (Å²) in [6.45, 7) is 8.57. The maximum absolute atomic E-state index is 12.4. The molecular weight excluding hydrogens is 311 g/mol. The molecule has 0 aliphatic carbocycles. The summed E-state index contributed by atoms with van der Waals surface area (Å²) in [5, 5.41) is 0. The Hall–Kier alpha value is -0.940. The first-order chi connectivity index (χ1) is 11.6. The van der Waals surface area contributed by atoms with E-state index in [1.54, 1.807) is 6.92 Å². The Labute approximate surface area is 150 Å². The fourth-order valence-electron chi connectivity index (χ4n) is 3.21. The van der Waals surface area contributed by atoms with Gasteiger partial charge in [0, 0.05) is 7.26 Å². The molecular formula is C22H36OP+. The molecule has 0 bridgehead atoms. The minimum Gasteiger partial charge on any atom is -0.294 e. The summed E-state index contributed by atoms with van der Waals surface area (Å²) in [5.74, 6) is 2.68. The number of carbonyl (C=O) groups is 1. The highest BCUT2D eigenvalue weighted by Crippen LogP contribution is 2.63. The van der Waals surface area contributed by atoms with E-state index in [2.05, 4.69) is 38.7 Å². The van der Waals surface area contributed by atoms with Crippen LogP contribution in [0.15, 0.2) is 36.1 Å². The van der Waals surface area contributed by atoms with Gasteiger partial charge in [-0.15, -0.1) is 0 Å². The zero-order chi connectivity index (χ0) is 17.8. The molecule has 24 heavy (non-hydrogen) atoms. The summed E-state index contributed by atoms with van der Waals surface area (Å²) in [6.07, 6.45) is 11.5. The highest BCUT2D eigenvalue weighted by Gasteiger charge is 2.34. The molecule has 0 aliphatic rings. The molecule has 0 heterocycles. The molecule has 1 rings (SSSR count). The quantitative estimate of drug-likeness (QED) is 0.293. The van der Waals surface area contributed by atoms with Crippen LogP contribution in [0.3, 0.4) is 0 Å². The predicted molar refractivity (Wildman–Crippen MR) is 111 cm³/mol. The Kier molecular flexibility index (Phi) is 10.2. The Morgan fingerprint density at radius 1 is 0.875 bits per heavy atom. The number of Topliss-reactive ketones (excluding diaryl/α,β-unsaturated/α-hetero) is 1. The number of unbranched alkanes of at least 4 members (excludes halogenated alkanes) is 3. The SMILES string of the molecule is CCCC[P+](/C=C(\C(C)=O)c1ccccc1)(CCCC)CCCC. The zero-order valence-electron chi connectivity index (χ0n) is 16.2. The first kappa shape index (κ1) is 21.1. The molecule has 0 spiro atoms. The summed E-state index contributed by atoms with van der Waals surface area (Å²) in [5.41, 5.74) is 2.06. The lowest BCUT2D eigenvalue weighted by Gasteiger charge is -2.25. The van der Waals surface area contributed by atoms with Crippen LogP contribution in [-0.2, 0) is 4.79 Å². The first-order valence-corrected chi connectivity index (χ1v) is 12.1. The van der Waals surface area contributed by atoms with Crippen molar-refractivity contribution < 1.29 is 4.79 Å². The van der Waals surface area contributed by atoms with Gasteiger partial charge in [0.1, 0.15) is 0 Å². The minimum atomic E-state index is -1.20. The number of allylic oxidation sites excluding steroid dienone is 1. The van der Waals surface area contributed by atoms with Crippen LogP contribution in [0.2, 0.25) is 0 Å². The summed E-state index contributed by atoms with van der Waals surface area (Å²) in [4.78, 5) is 12.4. The fourth-order valence-corrected chi connectivity index (χ4v) is 7.98. The molecule has 2 heteroatoms. The third kappa shape index (κ3) is 6.89. The van der Waals surface area contributed by atoms with Crippen LogP contribution in [0.4, 0.5) is 0 Å². The molecule has 0 unspecified atom stereocenters. The number of benzene rings is 1. The van der Waals surface area contributed by atoms with Crippen LogP contribution < -0.4 is 0 Å². The molecule has 0 aromatic heterocycles. The second kappa shape index (κ2) is 11.6. The van der Waals surface area contributed by atoms with E-state index in [4.69, 9.17) is 0 Å². The Balaban J connectivity index is 3.26. The molecule has 0 saturated heterocycles. The van der Waals surface area contributed by atoms with Crippen molar-refractivity contribution in [1.29, 1.82) is 0 Å². The molecule has 0 atom stereocenters. The van der Waals surface area contributed by atoms with Crippen molar-refractivity contribution in [2.24, 2.45) is 0 Å². The van der Waals surface area contributed by atoms with Crippen LogP contribution >= 0.6 is 7.26 Å². The molecule has 0 radical (unpaired) electrons. The van der Waals surface area contributed by atoms with Gasteiger partial charge in [-0.25, -0.2) is 0 Å². The van der Waals surface area contributed by atoms with E-state index in [1.165, 1.54) is 57.0 Å². The monoisotopic (exact) mass is 347 g/mol. The summed E-state index contributed by atoms with van der Waals surface area (Å²) in [6, 6.07) is 10.3. The van der Waals surface area contributed by atoms with Crippen molar-refractivity contribution in [3.05, 3.63) is 41.7 Å². The van der Waals surface area contributed by atoms with Gasteiger partial charge in [-0.05, 0) is 31.7 Å². The summed E-state index contributed by atoms with van der Waals surface area (Å²) < 4.78 is 0. The number of ketones is 1. The first-order valence-electron chi connectivity index (χ1n) is 9.73. The van der Waals surface area contributed by atoms with Crippen LogP contribution in [0.5, 0.6) is 0 Å². The number of rotatable bonds is 12. The number of hydrogen-bond acceptors (Lipinski definition) is 1. The third-order valence-corrected chi connectivity index (χ3v) is 9.16. The molecule has 0 saturated carbocycles. The zero-order valence-corrected chi connectivity index (χ0v) is 17.1. The van der Waals surface area contributed by atoms with Gasteiger partial charge in [-0.3, -0.25) is 4.79 Å². The van der Waals surface area contributed by atoms with Crippen LogP contribution in [0.1, 0.15) is 71.8 Å². The van der Waals surface area contributed by atoms with Gasteiger partial charge in [0.25, 0.3) is 0 Å². The van der Waals surface area contributed by atoms with E-state index >= 15 is 0 Å². The molecule has 0 N–H and O–H groups in total. The van der Waals surface area contributed by atoms with Crippen molar-refractivity contribution in [3.8, 4) is 0 Å². The van der Waals surface area contributed by atoms with E-state index in [-0.39, 0.29) is 5.78 Å². The minimum absolute atomic E-state index is 0.218. The van der Waals surface area contributed by atoms with E-state index in [9.17, 15) is 4.79 Å². The van der Waals surface area contributed by atoms with Crippen molar-refractivity contribution in [1.82, 2.24) is 0 Å². The van der Waals surface area contributed by atoms with E-state index in [0.29, 0.717) is 0 Å². The smallest absolute Gasteiger partial charge is 0.163 e. The standard InChI is InChI=1S/C22H36OP/c1-5-8-16-24(17-9-6-2,18-10-7-3)19-22(20(4)23)21-14-12-11-13-15-21/h11-15,19H,5-10,16-18H2,1-4H3/q+1/b22-19+. The lowest BCUT2D eigenvalue weighted by atomic mass is 10.1. The van der Waals surface area contributed by atoms with Gasteiger partial charge in [-0.2, -0.15) is 0 Å². The molecule has 0 amide bonds. The highest BCUT2D eigenvalue weighted by molar-refractivity contribution is 7.79. The summed E-state index contributed by atoms with van der Waals surface area (Å²) >= 11 is 0. The molecule has 1 aromatic carbocycles. The molecule has 1 nitrogen and oxygen atoms in total. The lowest BCUT2D eigenvalue weighted by molar-refractivity contribution is -0.111. The van der Waals surface area contributed by atoms with E-state index in [0.717, 1.165) is 11.1 Å². The highest BCUT2D eigenvalue weighted by atomic mass is 31.2. The fraction of sp³-hybridized carbons (Fsp3) is 0.591. The van der Waals surface area contributed by atoms with E-state index < -0.39 is 7.26 Å². The maximum Gasteiger partial charge on any atom is 0.163 e. The number of hydrogen-bond donors (Lipinski definition) is 0. The molecule has 0 fully saturated rings. The van der Waals surface area contributed by atoms with Gasteiger partial charge in [-0.1, -0.05) is 70.4 Å². The summed E-state index contributed by atoms with van der Waals surface area (Å²) in [7, 11) is -1.20. The molecule has 0 aliphatic heterocycles. The van der Waals surface area contributed by atoms with E-state index in [1.807, 2.05) is 18.2 Å². The van der Waals surface area contributed by atoms with Crippen LogP contribution in [0, 0.1) is 0 Å². The second-order valence-corrected chi connectivity index (χ2v) is 11.0. The Morgan fingerprint density at radius 3 is 1.71 bits per heavy atom. The van der Waals surface area contributed by atoms with Crippen LogP contribution in [0.25, 0.3) is 5.57 Å². The van der Waals surface area contributed by atoms with Crippen molar-refractivity contribution in [3.63, 3.8) is 0 Å². The van der Waals surface area contributed by atoms with Crippen LogP contribution in [-0.4, -0.2) is 24.3 Å². The van der Waals surface area contributed by atoms with Gasteiger partial charge in [0.05, 0.1) is 29.9 Å². The molecule has 134 valence electrons. The second-order valence-electron chi connectivity index (χ2n) is 6.92. The Morgan fingerprint density at radius 2 is 1.33 bits per heavy atom. The van der Waals surface area contributed by atoms with Gasteiger partial charge >= 0.3 is 0 Å². The van der Waals surface area contributed by atoms with Gasteiger partial charge in [0.15, 0.2) is 5.78 Å². The van der Waals surface area contributed by atoms with Crippen molar-refractivity contribution in [2.45, 2.75) is 66.2 Å². The average molecular weight is 348 g/mol. The predicted octanol–water partition coefficient (Wildman–Crippen LogP) is 7.03. The maximum atomic E-state index is 12.4. The van der Waals surface area contributed by atoms with Crippen molar-refractivity contribution in [2.75, 3.05) is 18.5 Å². The number of carbonyl (C=O) groups excluding carboxylic acids is 1. The topological polar surface area (TPSA) is 17.1 Å². The van der Waals surface area contributed by atoms with Gasteiger partial charge in [0.2, 0.25) is 0 Å². The lowest BCUT2D eigenvalue weighted by Crippen LogP contribution is -2.09. The third-order valence-electron chi connectivity index (χ3n) is 4.74. The largest absolute Gasteiger partial charge is 0.294 e. The average Bonchev–Trinajstić information content (AvgIpc) is 2.61. The Bertz CT molecular complexity index is 482. The molecule has 1 aromatic rings. The van der Waals surface area contributed by atoms with Gasteiger partial charge < -0.3 is 0 Å².